The monoisotopic (exact) mass is 228 g/mol. The van der Waals surface area contributed by atoms with Crippen molar-refractivity contribution in [1.29, 1.82) is 0 Å². The van der Waals surface area contributed by atoms with E-state index < -0.39 is 0 Å². The number of nitrogens with zero attached hydrogens (tertiary/aromatic N) is 1. The lowest BCUT2D eigenvalue weighted by atomic mass is 10.0. The van der Waals surface area contributed by atoms with Gasteiger partial charge in [-0.15, -0.1) is 0 Å². The maximum absolute atomic E-state index is 11.9. The van der Waals surface area contributed by atoms with E-state index in [2.05, 4.69) is 12.2 Å². The standard InChI is InChI=1S/C12H24N2O2/c1-9(2)11(8-15)13-12(16)14-6-4-5-10(3)7-14/h9-11,15H,4-8H2,1-3H3,(H,13,16)/t10?,11-/m1/s1. The van der Waals surface area contributed by atoms with Gasteiger partial charge >= 0.3 is 6.03 Å². The summed E-state index contributed by atoms with van der Waals surface area (Å²) >= 11 is 0. The lowest BCUT2D eigenvalue weighted by Crippen LogP contribution is -2.50. The summed E-state index contributed by atoms with van der Waals surface area (Å²) in [6.07, 6.45) is 2.29. The van der Waals surface area contributed by atoms with Crippen LogP contribution in [0.1, 0.15) is 33.6 Å². The predicted molar refractivity (Wildman–Crippen MR) is 64.2 cm³/mol. The van der Waals surface area contributed by atoms with Crippen LogP contribution in [0.4, 0.5) is 4.79 Å². The third kappa shape index (κ3) is 3.67. The number of aliphatic hydroxyl groups excluding tert-OH is 1. The highest BCUT2D eigenvalue weighted by molar-refractivity contribution is 5.74. The van der Waals surface area contributed by atoms with Crippen LogP contribution in [0.25, 0.3) is 0 Å². The average Bonchev–Trinajstić information content (AvgIpc) is 2.25. The molecule has 1 fully saturated rings. The number of piperidine rings is 1. The zero-order chi connectivity index (χ0) is 12.1. The van der Waals surface area contributed by atoms with Gasteiger partial charge in [-0.05, 0) is 24.7 Å². The molecule has 1 rings (SSSR count). The summed E-state index contributed by atoms with van der Waals surface area (Å²) in [4.78, 5) is 13.8. The van der Waals surface area contributed by atoms with Gasteiger partial charge in [0.05, 0.1) is 12.6 Å². The molecule has 2 N–H and O–H groups in total. The molecule has 94 valence electrons. The molecule has 0 aliphatic carbocycles. The summed E-state index contributed by atoms with van der Waals surface area (Å²) in [6, 6.07) is -0.163. The zero-order valence-corrected chi connectivity index (χ0v) is 10.6. The fourth-order valence-electron chi connectivity index (χ4n) is 2.05. The molecule has 1 aliphatic heterocycles. The summed E-state index contributed by atoms with van der Waals surface area (Å²) < 4.78 is 0. The fourth-order valence-corrected chi connectivity index (χ4v) is 2.05. The van der Waals surface area contributed by atoms with Crippen molar-refractivity contribution in [2.75, 3.05) is 19.7 Å². The lowest BCUT2D eigenvalue weighted by molar-refractivity contribution is 0.151. The van der Waals surface area contributed by atoms with Gasteiger partial charge in [-0.25, -0.2) is 4.79 Å². The van der Waals surface area contributed by atoms with E-state index in [0.29, 0.717) is 5.92 Å². The quantitative estimate of drug-likeness (QED) is 0.768. The Morgan fingerprint density at radius 3 is 2.75 bits per heavy atom. The van der Waals surface area contributed by atoms with Crippen LogP contribution in [0.15, 0.2) is 0 Å². The van der Waals surface area contributed by atoms with E-state index in [9.17, 15) is 4.79 Å². The van der Waals surface area contributed by atoms with Crippen molar-refractivity contribution < 1.29 is 9.90 Å². The molecule has 2 amide bonds. The first-order valence-corrected chi connectivity index (χ1v) is 6.21. The van der Waals surface area contributed by atoms with Crippen LogP contribution in [-0.4, -0.2) is 41.8 Å². The number of likely N-dealkylation sites (tertiary alicyclic amines) is 1. The van der Waals surface area contributed by atoms with E-state index in [-0.39, 0.29) is 24.6 Å². The number of rotatable bonds is 3. The number of aliphatic hydroxyl groups is 1. The minimum Gasteiger partial charge on any atom is -0.394 e. The maximum atomic E-state index is 11.9. The van der Waals surface area contributed by atoms with E-state index in [4.69, 9.17) is 5.11 Å². The van der Waals surface area contributed by atoms with Crippen LogP contribution >= 0.6 is 0 Å². The number of hydrogen-bond donors (Lipinski definition) is 2. The molecule has 0 bridgehead atoms. The molecular weight excluding hydrogens is 204 g/mol. The van der Waals surface area contributed by atoms with Gasteiger partial charge in [-0.1, -0.05) is 20.8 Å². The van der Waals surface area contributed by atoms with Gasteiger partial charge in [0, 0.05) is 13.1 Å². The largest absolute Gasteiger partial charge is 0.394 e. The van der Waals surface area contributed by atoms with Crippen LogP contribution < -0.4 is 5.32 Å². The van der Waals surface area contributed by atoms with Gasteiger partial charge in [0.1, 0.15) is 0 Å². The molecule has 0 saturated carbocycles. The molecule has 0 aromatic rings. The molecule has 4 heteroatoms. The number of amides is 2. The lowest BCUT2D eigenvalue weighted by Gasteiger charge is -2.32. The van der Waals surface area contributed by atoms with Crippen LogP contribution in [0.2, 0.25) is 0 Å². The normalized spacial score (nSPS) is 23.3. The van der Waals surface area contributed by atoms with Crippen LogP contribution in [-0.2, 0) is 0 Å². The second kappa shape index (κ2) is 6.09. The molecule has 16 heavy (non-hydrogen) atoms. The second-order valence-corrected chi connectivity index (χ2v) is 5.18. The molecular formula is C12H24N2O2. The molecule has 1 saturated heterocycles. The van der Waals surface area contributed by atoms with Gasteiger partial charge < -0.3 is 15.3 Å². The fraction of sp³-hybridized carbons (Fsp3) is 0.917. The summed E-state index contributed by atoms with van der Waals surface area (Å²) in [5.41, 5.74) is 0. The van der Waals surface area contributed by atoms with Crippen molar-refractivity contribution in [3.63, 3.8) is 0 Å². The van der Waals surface area contributed by atoms with Crippen molar-refractivity contribution in [3.05, 3.63) is 0 Å². The second-order valence-electron chi connectivity index (χ2n) is 5.18. The molecule has 0 radical (unpaired) electrons. The van der Waals surface area contributed by atoms with E-state index in [0.717, 1.165) is 19.5 Å². The minimum atomic E-state index is -0.135. The molecule has 4 nitrogen and oxygen atoms in total. The first-order valence-electron chi connectivity index (χ1n) is 6.21. The molecule has 0 aromatic carbocycles. The third-order valence-electron chi connectivity index (χ3n) is 3.25. The van der Waals surface area contributed by atoms with E-state index in [1.165, 1.54) is 6.42 Å². The zero-order valence-electron chi connectivity index (χ0n) is 10.6. The van der Waals surface area contributed by atoms with Crippen molar-refractivity contribution in [2.24, 2.45) is 11.8 Å². The molecule has 1 unspecified atom stereocenters. The first-order chi connectivity index (χ1) is 7.54. The topological polar surface area (TPSA) is 52.6 Å². The predicted octanol–water partition coefficient (Wildman–Crippen LogP) is 1.44. The van der Waals surface area contributed by atoms with Crippen molar-refractivity contribution in [1.82, 2.24) is 10.2 Å². The number of carbonyl (C=O) groups is 1. The highest BCUT2D eigenvalue weighted by Gasteiger charge is 2.23. The molecule has 1 aliphatic rings. The molecule has 0 aromatic heterocycles. The van der Waals surface area contributed by atoms with Crippen LogP contribution in [0, 0.1) is 11.8 Å². The number of carbonyl (C=O) groups excluding carboxylic acids is 1. The third-order valence-corrected chi connectivity index (χ3v) is 3.25. The van der Waals surface area contributed by atoms with Gasteiger partial charge in [-0.3, -0.25) is 0 Å². The van der Waals surface area contributed by atoms with Crippen LogP contribution in [0.3, 0.4) is 0 Å². The summed E-state index contributed by atoms with van der Waals surface area (Å²) in [6.45, 7) is 7.85. The molecule has 2 atom stereocenters. The van der Waals surface area contributed by atoms with Gasteiger partial charge in [-0.2, -0.15) is 0 Å². The van der Waals surface area contributed by atoms with Crippen LogP contribution in [0.5, 0.6) is 0 Å². The summed E-state index contributed by atoms with van der Waals surface area (Å²) in [7, 11) is 0. The van der Waals surface area contributed by atoms with Gasteiger partial charge in [0.2, 0.25) is 0 Å². The van der Waals surface area contributed by atoms with Crippen molar-refractivity contribution >= 4 is 6.03 Å². The molecule has 0 spiro atoms. The number of hydrogen-bond acceptors (Lipinski definition) is 2. The smallest absolute Gasteiger partial charge is 0.317 e. The number of urea groups is 1. The summed E-state index contributed by atoms with van der Waals surface area (Å²) in [5.74, 6) is 0.849. The Kier molecular flexibility index (Phi) is 5.06. The minimum absolute atomic E-state index is 0.00675. The van der Waals surface area contributed by atoms with Gasteiger partial charge in [0.15, 0.2) is 0 Å². The Labute approximate surface area is 98.0 Å². The van der Waals surface area contributed by atoms with E-state index in [1.807, 2.05) is 18.7 Å². The average molecular weight is 228 g/mol. The Morgan fingerprint density at radius 2 is 2.25 bits per heavy atom. The van der Waals surface area contributed by atoms with Crippen molar-refractivity contribution in [2.45, 2.75) is 39.7 Å². The molecule has 1 heterocycles. The first kappa shape index (κ1) is 13.3. The number of nitrogens with one attached hydrogen (secondary N) is 1. The SMILES string of the molecule is CC1CCCN(C(=O)N[C@H](CO)C(C)C)C1. The van der Waals surface area contributed by atoms with Crippen molar-refractivity contribution in [3.8, 4) is 0 Å². The maximum Gasteiger partial charge on any atom is 0.317 e. The summed E-state index contributed by atoms with van der Waals surface area (Å²) in [5, 5.41) is 12.1. The van der Waals surface area contributed by atoms with Gasteiger partial charge in [0.25, 0.3) is 0 Å². The Bertz CT molecular complexity index is 231. The highest BCUT2D eigenvalue weighted by Crippen LogP contribution is 2.15. The van der Waals surface area contributed by atoms with E-state index >= 15 is 0 Å². The Hall–Kier alpha value is -0.770. The Balaban J connectivity index is 2.44. The highest BCUT2D eigenvalue weighted by atomic mass is 16.3. The van der Waals surface area contributed by atoms with E-state index in [1.54, 1.807) is 0 Å². The Morgan fingerprint density at radius 1 is 1.56 bits per heavy atom.